The molecule has 1 saturated heterocycles. The van der Waals surface area contributed by atoms with E-state index in [-0.39, 0.29) is 12.2 Å². The van der Waals surface area contributed by atoms with Crippen molar-refractivity contribution in [3.8, 4) is 0 Å². The van der Waals surface area contributed by atoms with Crippen LogP contribution in [0.3, 0.4) is 0 Å². The van der Waals surface area contributed by atoms with Gasteiger partial charge >= 0.3 is 13.1 Å². The fraction of sp³-hybridized carbons (Fsp3) is 0.562. The van der Waals surface area contributed by atoms with Crippen LogP contribution >= 0.6 is 0 Å². The summed E-state index contributed by atoms with van der Waals surface area (Å²) in [4.78, 5) is 11.3. The average molecular weight is 290 g/mol. The number of carboxylic acid groups (broad SMARTS) is 1. The van der Waals surface area contributed by atoms with E-state index >= 15 is 0 Å². The summed E-state index contributed by atoms with van der Waals surface area (Å²) in [6.07, 6.45) is -0.0122. The van der Waals surface area contributed by atoms with Gasteiger partial charge in [0.25, 0.3) is 0 Å². The summed E-state index contributed by atoms with van der Waals surface area (Å²) in [6.45, 7) is 9.88. The summed E-state index contributed by atoms with van der Waals surface area (Å²) in [5.74, 6) is -1.16. The lowest BCUT2D eigenvalue weighted by Crippen LogP contribution is -2.41. The first-order valence-corrected chi connectivity index (χ1v) is 7.27. The van der Waals surface area contributed by atoms with E-state index in [9.17, 15) is 9.90 Å². The van der Waals surface area contributed by atoms with Gasteiger partial charge in [-0.3, -0.25) is 4.79 Å². The van der Waals surface area contributed by atoms with Gasteiger partial charge in [-0.25, -0.2) is 0 Å². The first-order valence-electron chi connectivity index (χ1n) is 7.27. The average Bonchev–Trinajstić information content (AvgIpc) is 2.56. The maximum absolute atomic E-state index is 11.3. The van der Waals surface area contributed by atoms with Crippen molar-refractivity contribution < 1.29 is 19.2 Å². The molecule has 1 atom stereocenters. The molecule has 0 amide bonds. The van der Waals surface area contributed by atoms with Crippen molar-refractivity contribution in [2.45, 2.75) is 58.1 Å². The highest BCUT2D eigenvalue weighted by Gasteiger charge is 2.54. The molecule has 2 rings (SSSR count). The molecule has 0 aliphatic carbocycles. The molecule has 0 aromatic heterocycles. The van der Waals surface area contributed by atoms with Gasteiger partial charge in [-0.1, -0.05) is 24.3 Å². The van der Waals surface area contributed by atoms with Gasteiger partial charge in [0.05, 0.1) is 17.6 Å². The van der Waals surface area contributed by atoms with Crippen molar-refractivity contribution >= 4 is 13.1 Å². The topological polar surface area (TPSA) is 55.8 Å². The van der Waals surface area contributed by atoms with E-state index in [4.69, 9.17) is 9.31 Å². The van der Waals surface area contributed by atoms with Crippen molar-refractivity contribution in [2.75, 3.05) is 0 Å². The molecule has 1 heterocycles. The van der Waals surface area contributed by atoms with E-state index in [1.165, 1.54) is 0 Å². The van der Waals surface area contributed by atoms with Crippen LogP contribution in [0.15, 0.2) is 24.3 Å². The third kappa shape index (κ3) is 3.14. The van der Waals surface area contributed by atoms with E-state index in [2.05, 4.69) is 0 Å². The standard InChI is InChI=1S/C16H23BO4/c1-11-8-6-7-9-12(11)13(10-14(18)19)17-20-15(2,3)16(4,5)21-17/h6-9,13H,10H2,1-5H3,(H,18,19). The van der Waals surface area contributed by atoms with E-state index in [0.717, 1.165) is 11.1 Å². The number of hydrogen-bond donors (Lipinski definition) is 1. The highest BCUT2D eigenvalue weighted by Crippen LogP contribution is 2.42. The molecule has 1 aliphatic rings. The van der Waals surface area contributed by atoms with Crippen LogP contribution in [0, 0.1) is 6.92 Å². The van der Waals surface area contributed by atoms with E-state index < -0.39 is 24.3 Å². The van der Waals surface area contributed by atoms with E-state index in [0.29, 0.717) is 0 Å². The number of carboxylic acids is 1. The number of aliphatic carboxylic acids is 1. The van der Waals surface area contributed by atoms with E-state index in [1.807, 2.05) is 58.9 Å². The van der Waals surface area contributed by atoms with Gasteiger partial charge < -0.3 is 14.4 Å². The van der Waals surface area contributed by atoms with Gasteiger partial charge in [-0.2, -0.15) is 0 Å². The second-order valence-corrected chi connectivity index (χ2v) is 6.69. The highest BCUT2D eigenvalue weighted by molar-refractivity contribution is 6.48. The Morgan fingerprint density at radius 2 is 1.71 bits per heavy atom. The molecule has 1 aliphatic heterocycles. The molecule has 0 saturated carbocycles. The van der Waals surface area contributed by atoms with Crippen molar-refractivity contribution in [2.24, 2.45) is 0 Å². The van der Waals surface area contributed by atoms with Gasteiger partial charge in [0.1, 0.15) is 0 Å². The number of hydrogen-bond acceptors (Lipinski definition) is 3. The molecule has 114 valence electrons. The van der Waals surface area contributed by atoms with Crippen LogP contribution in [0.25, 0.3) is 0 Å². The molecular weight excluding hydrogens is 267 g/mol. The molecule has 4 nitrogen and oxygen atoms in total. The molecule has 1 fully saturated rings. The second-order valence-electron chi connectivity index (χ2n) is 6.69. The predicted octanol–water partition coefficient (Wildman–Crippen LogP) is 3.18. The first kappa shape index (κ1) is 16.1. The summed E-state index contributed by atoms with van der Waals surface area (Å²) >= 11 is 0. The molecule has 0 radical (unpaired) electrons. The summed E-state index contributed by atoms with van der Waals surface area (Å²) in [6, 6.07) is 7.80. The minimum atomic E-state index is -0.849. The summed E-state index contributed by atoms with van der Waals surface area (Å²) in [7, 11) is -0.549. The van der Waals surface area contributed by atoms with Crippen LogP contribution in [0.1, 0.15) is 51.1 Å². The third-order valence-electron chi connectivity index (χ3n) is 4.58. The Bertz CT molecular complexity index is 523. The van der Waals surface area contributed by atoms with Crippen LogP contribution in [0.4, 0.5) is 0 Å². The highest BCUT2D eigenvalue weighted by atomic mass is 16.7. The molecule has 1 aromatic rings. The summed E-state index contributed by atoms with van der Waals surface area (Å²) in [5, 5.41) is 9.25. The lowest BCUT2D eigenvalue weighted by Gasteiger charge is -2.32. The molecule has 5 heteroatoms. The smallest absolute Gasteiger partial charge is 0.466 e. The Morgan fingerprint density at radius 3 is 2.19 bits per heavy atom. The van der Waals surface area contributed by atoms with E-state index in [1.54, 1.807) is 0 Å². The minimum absolute atomic E-state index is 0.0122. The maximum atomic E-state index is 11.3. The quantitative estimate of drug-likeness (QED) is 0.865. The molecular formula is C16H23BO4. The fourth-order valence-corrected chi connectivity index (χ4v) is 2.60. The summed E-state index contributed by atoms with van der Waals surface area (Å²) in [5.41, 5.74) is 1.10. The number of aryl methyl sites for hydroxylation is 1. The van der Waals surface area contributed by atoms with Crippen LogP contribution < -0.4 is 0 Å². The molecule has 1 N–H and O–H groups in total. The molecule has 0 spiro atoms. The van der Waals surface area contributed by atoms with Crippen molar-refractivity contribution in [1.29, 1.82) is 0 Å². The Labute approximate surface area is 126 Å². The number of carbonyl (C=O) groups is 1. The second kappa shape index (κ2) is 5.46. The van der Waals surface area contributed by atoms with Crippen LogP contribution in [0.2, 0.25) is 0 Å². The number of benzene rings is 1. The maximum Gasteiger partial charge on any atom is 0.466 e. The van der Waals surface area contributed by atoms with Crippen molar-refractivity contribution in [3.63, 3.8) is 0 Å². The lowest BCUT2D eigenvalue weighted by atomic mass is 9.65. The molecule has 1 unspecified atom stereocenters. The minimum Gasteiger partial charge on any atom is -0.481 e. The van der Waals surface area contributed by atoms with Gasteiger partial charge in [-0.15, -0.1) is 0 Å². The van der Waals surface area contributed by atoms with Crippen molar-refractivity contribution in [3.05, 3.63) is 35.4 Å². The third-order valence-corrected chi connectivity index (χ3v) is 4.58. The molecule has 21 heavy (non-hydrogen) atoms. The predicted molar refractivity (Wildman–Crippen MR) is 82.3 cm³/mol. The van der Waals surface area contributed by atoms with Crippen molar-refractivity contribution in [1.82, 2.24) is 0 Å². The fourth-order valence-electron chi connectivity index (χ4n) is 2.60. The number of rotatable bonds is 4. The zero-order chi connectivity index (χ0) is 15.8. The summed E-state index contributed by atoms with van der Waals surface area (Å²) < 4.78 is 12.1. The zero-order valence-electron chi connectivity index (χ0n) is 13.3. The van der Waals surface area contributed by atoms with Gasteiger partial charge in [0, 0.05) is 5.82 Å². The Hall–Kier alpha value is -1.33. The first-order chi connectivity index (χ1) is 9.64. The van der Waals surface area contributed by atoms with Gasteiger partial charge in [0.15, 0.2) is 0 Å². The van der Waals surface area contributed by atoms with Crippen LogP contribution in [-0.4, -0.2) is 29.4 Å². The normalized spacial score (nSPS) is 21.3. The molecule has 1 aromatic carbocycles. The van der Waals surface area contributed by atoms with Crippen LogP contribution in [-0.2, 0) is 14.1 Å². The largest absolute Gasteiger partial charge is 0.481 e. The van der Waals surface area contributed by atoms with Gasteiger partial charge in [0.2, 0.25) is 0 Å². The Morgan fingerprint density at radius 1 is 1.19 bits per heavy atom. The van der Waals surface area contributed by atoms with Gasteiger partial charge in [-0.05, 0) is 45.7 Å². The molecule has 0 bridgehead atoms. The Balaban J connectivity index is 2.35. The SMILES string of the molecule is Cc1ccccc1C(CC(=O)O)B1OC(C)(C)C(C)(C)O1. The zero-order valence-corrected chi connectivity index (χ0v) is 13.3. The van der Waals surface area contributed by atoms with Crippen LogP contribution in [0.5, 0.6) is 0 Å². The monoisotopic (exact) mass is 290 g/mol. The lowest BCUT2D eigenvalue weighted by molar-refractivity contribution is -0.137. The Kier molecular flexibility index (Phi) is 4.18.